The van der Waals surface area contributed by atoms with Crippen molar-refractivity contribution in [3.05, 3.63) is 54.0 Å². The fourth-order valence-corrected chi connectivity index (χ4v) is 5.71. The van der Waals surface area contributed by atoms with Gasteiger partial charge in [-0.1, -0.05) is 12.1 Å². The lowest BCUT2D eigenvalue weighted by Gasteiger charge is -2.40. The molecule has 0 bridgehead atoms. The number of anilines is 1. The first-order valence-electron chi connectivity index (χ1n) is 11.5. The van der Waals surface area contributed by atoms with Crippen molar-refractivity contribution in [2.75, 3.05) is 24.6 Å². The SMILES string of the molecule is O=S(=O)(N[C@H]1CCN(c2cccnn2)C[C@H]1COC1CCC(c2cccc(F)c2)CC1)C(F)F. The van der Waals surface area contributed by atoms with Crippen LogP contribution in [0, 0.1) is 11.7 Å². The number of alkyl halides is 2. The zero-order valence-electron chi connectivity index (χ0n) is 18.7. The van der Waals surface area contributed by atoms with Gasteiger partial charge in [0.05, 0.1) is 12.7 Å². The van der Waals surface area contributed by atoms with Gasteiger partial charge in [-0.05, 0) is 67.9 Å². The number of rotatable bonds is 8. The number of piperidine rings is 1. The van der Waals surface area contributed by atoms with E-state index in [0.717, 1.165) is 31.2 Å². The summed E-state index contributed by atoms with van der Waals surface area (Å²) in [5.74, 6) is -3.12. The number of aromatic nitrogens is 2. The summed E-state index contributed by atoms with van der Waals surface area (Å²) >= 11 is 0. The van der Waals surface area contributed by atoms with Crippen LogP contribution in [0.4, 0.5) is 19.0 Å². The van der Waals surface area contributed by atoms with E-state index in [2.05, 4.69) is 14.9 Å². The Hall–Kier alpha value is -2.24. The number of hydrogen-bond acceptors (Lipinski definition) is 6. The molecule has 11 heteroatoms. The highest BCUT2D eigenvalue weighted by Crippen LogP contribution is 2.35. The lowest BCUT2D eigenvalue weighted by molar-refractivity contribution is -0.00229. The van der Waals surface area contributed by atoms with Gasteiger partial charge in [-0.25, -0.2) is 17.5 Å². The van der Waals surface area contributed by atoms with Crippen LogP contribution in [-0.4, -0.2) is 56.2 Å². The van der Waals surface area contributed by atoms with Crippen LogP contribution in [0.1, 0.15) is 43.6 Å². The summed E-state index contributed by atoms with van der Waals surface area (Å²) in [6.07, 6.45) is 5.24. The summed E-state index contributed by atoms with van der Waals surface area (Å²) in [4.78, 5) is 1.97. The third-order valence-electron chi connectivity index (χ3n) is 6.71. The van der Waals surface area contributed by atoms with Crippen LogP contribution in [0.25, 0.3) is 0 Å². The van der Waals surface area contributed by atoms with Crippen molar-refractivity contribution in [1.82, 2.24) is 14.9 Å². The molecule has 186 valence electrons. The van der Waals surface area contributed by atoms with E-state index in [1.807, 2.05) is 17.0 Å². The van der Waals surface area contributed by atoms with Crippen LogP contribution in [0.2, 0.25) is 0 Å². The van der Waals surface area contributed by atoms with Gasteiger partial charge < -0.3 is 9.64 Å². The minimum atomic E-state index is -4.71. The van der Waals surface area contributed by atoms with Crippen molar-refractivity contribution in [3.63, 3.8) is 0 Å². The Morgan fingerprint density at radius 2 is 1.91 bits per heavy atom. The largest absolute Gasteiger partial charge is 0.378 e. The van der Waals surface area contributed by atoms with E-state index in [0.29, 0.717) is 25.3 Å². The second kappa shape index (κ2) is 11.0. The van der Waals surface area contributed by atoms with Crippen LogP contribution in [0.5, 0.6) is 0 Å². The van der Waals surface area contributed by atoms with Gasteiger partial charge >= 0.3 is 5.76 Å². The first kappa shape index (κ1) is 24.9. The third-order valence-corrected chi connectivity index (χ3v) is 7.81. The van der Waals surface area contributed by atoms with E-state index >= 15 is 0 Å². The van der Waals surface area contributed by atoms with E-state index in [9.17, 15) is 21.6 Å². The van der Waals surface area contributed by atoms with E-state index in [-0.39, 0.29) is 30.4 Å². The highest BCUT2D eigenvalue weighted by molar-refractivity contribution is 7.89. The molecule has 0 spiro atoms. The van der Waals surface area contributed by atoms with E-state index in [4.69, 9.17) is 4.74 Å². The summed E-state index contributed by atoms with van der Waals surface area (Å²) in [5.41, 5.74) is 0.992. The zero-order valence-corrected chi connectivity index (χ0v) is 19.5. The van der Waals surface area contributed by atoms with Crippen molar-refractivity contribution < 1.29 is 26.3 Å². The van der Waals surface area contributed by atoms with Crippen molar-refractivity contribution in [1.29, 1.82) is 0 Å². The quantitative estimate of drug-likeness (QED) is 0.598. The molecule has 4 rings (SSSR count). The van der Waals surface area contributed by atoms with Crippen molar-refractivity contribution in [3.8, 4) is 0 Å². The summed E-state index contributed by atoms with van der Waals surface area (Å²) in [5, 5.41) is 7.99. The number of hydrogen-bond donors (Lipinski definition) is 1. The average molecular weight is 499 g/mol. The summed E-state index contributed by atoms with van der Waals surface area (Å²) in [7, 11) is -4.71. The van der Waals surface area contributed by atoms with Crippen LogP contribution >= 0.6 is 0 Å². The van der Waals surface area contributed by atoms with Gasteiger partial charge in [0, 0.05) is 31.2 Å². The van der Waals surface area contributed by atoms with Crippen LogP contribution < -0.4 is 9.62 Å². The maximum Gasteiger partial charge on any atom is 0.350 e. The molecule has 0 amide bonds. The number of nitrogens with zero attached hydrogens (tertiary/aromatic N) is 3. The minimum absolute atomic E-state index is 0.0101. The molecular weight excluding hydrogens is 469 g/mol. The molecule has 2 heterocycles. The Kier molecular flexibility index (Phi) is 8.05. The Balaban J connectivity index is 1.37. The Morgan fingerprint density at radius 1 is 1.12 bits per heavy atom. The molecule has 2 fully saturated rings. The number of sulfonamides is 1. The standard InChI is InChI=1S/C23H29F3N4O3S/c24-19-4-1-3-17(13-19)16-6-8-20(9-7-16)33-15-18-14-30(22-5-2-11-27-28-22)12-10-21(18)29-34(31,32)23(25)26/h1-5,11,13,16,18,20-21,23,29H,6-10,12,14-15H2/t16?,18-,20?,21-/m0/s1. The van der Waals surface area contributed by atoms with Crippen molar-refractivity contribution in [2.45, 2.75) is 55.9 Å². The normalized spacial score (nSPS) is 26.1. The van der Waals surface area contributed by atoms with E-state index in [1.165, 1.54) is 6.07 Å². The smallest absolute Gasteiger partial charge is 0.350 e. The van der Waals surface area contributed by atoms with Crippen LogP contribution in [-0.2, 0) is 14.8 Å². The van der Waals surface area contributed by atoms with E-state index in [1.54, 1.807) is 24.4 Å². The Bertz CT molecular complexity index is 1040. The summed E-state index contributed by atoms with van der Waals surface area (Å²) in [6.45, 7) is 1.11. The predicted octanol–water partition coefficient (Wildman–Crippen LogP) is 3.70. The summed E-state index contributed by atoms with van der Waals surface area (Å²) < 4.78 is 71.5. The topological polar surface area (TPSA) is 84.4 Å². The molecule has 1 saturated carbocycles. The van der Waals surface area contributed by atoms with Crippen molar-refractivity contribution in [2.24, 2.45) is 5.92 Å². The molecular formula is C23H29F3N4O3S. The lowest BCUT2D eigenvalue weighted by Crippen LogP contribution is -2.53. The van der Waals surface area contributed by atoms with Gasteiger partial charge in [0.1, 0.15) is 5.82 Å². The Labute approximate surface area is 197 Å². The van der Waals surface area contributed by atoms with Crippen LogP contribution in [0.15, 0.2) is 42.6 Å². The number of nitrogens with one attached hydrogen (secondary N) is 1. The predicted molar refractivity (Wildman–Crippen MR) is 122 cm³/mol. The molecule has 1 saturated heterocycles. The average Bonchev–Trinajstić information content (AvgIpc) is 2.84. The number of ether oxygens (including phenoxy) is 1. The van der Waals surface area contributed by atoms with Gasteiger partial charge in [-0.3, -0.25) is 0 Å². The van der Waals surface area contributed by atoms with Gasteiger partial charge in [0.2, 0.25) is 0 Å². The molecule has 7 nitrogen and oxygen atoms in total. The molecule has 1 aliphatic carbocycles. The zero-order chi connectivity index (χ0) is 24.1. The molecule has 2 atom stereocenters. The van der Waals surface area contributed by atoms with Gasteiger partial charge in [-0.15, -0.1) is 5.10 Å². The lowest BCUT2D eigenvalue weighted by atomic mass is 9.82. The highest BCUT2D eigenvalue weighted by Gasteiger charge is 2.36. The number of benzene rings is 1. The van der Waals surface area contributed by atoms with Crippen molar-refractivity contribution >= 4 is 15.8 Å². The Morgan fingerprint density at radius 3 is 2.59 bits per heavy atom. The molecule has 0 unspecified atom stereocenters. The van der Waals surface area contributed by atoms with Gasteiger partial charge in [0.15, 0.2) is 5.82 Å². The minimum Gasteiger partial charge on any atom is -0.378 e. The second-order valence-electron chi connectivity index (χ2n) is 8.97. The molecule has 1 aromatic carbocycles. The highest BCUT2D eigenvalue weighted by atomic mass is 32.2. The fraction of sp³-hybridized carbons (Fsp3) is 0.565. The molecule has 1 aliphatic heterocycles. The monoisotopic (exact) mass is 498 g/mol. The summed E-state index contributed by atoms with van der Waals surface area (Å²) in [6, 6.07) is 9.59. The third kappa shape index (κ3) is 6.25. The molecule has 0 radical (unpaired) electrons. The maximum absolute atomic E-state index is 13.6. The second-order valence-corrected chi connectivity index (χ2v) is 10.7. The van der Waals surface area contributed by atoms with Crippen LogP contribution in [0.3, 0.4) is 0 Å². The molecule has 2 aliphatic rings. The van der Waals surface area contributed by atoms with Gasteiger partial charge in [-0.2, -0.15) is 13.9 Å². The fourth-order valence-electron chi connectivity index (χ4n) is 4.87. The molecule has 1 N–H and O–H groups in total. The molecule has 1 aromatic heterocycles. The number of halogens is 3. The first-order chi connectivity index (χ1) is 16.3. The molecule has 34 heavy (non-hydrogen) atoms. The van der Waals surface area contributed by atoms with E-state index < -0.39 is 21.8 Å². The van der Waals surface area contributed by atoms with Gasteiger partial charge in [0.25, 0.3) is 10.0 Å². The maximum atomic E-state index is 13.6. The first-order valence-corrected chi connectivity index (χ1v) is 13.1. The molecule has 2 aromatic rings.